The van der Waals surface area contributed by atoms with E-state index in [1.807, 2.05) is 32.0 Å². The molecule has 1 aromatic rings. The van der Waals surface area contributed by atoms with Gasteiger partial charge in [-0.15, -0.1) is 0 Å². The smallest absolute Gasteiger partial charge is 0.326 e. The molecule has 1 aliphatic rings. The Bertz CT molecular complexity index is 445. The number of carbonyl (C=O) groups excluding carboxylic acids is 1. The van der Waals surface area contributed by atoms with Gasteiger partial charge in [0.2, 0.25) is 0 Å². The molecule has 1 heterocycles. The summed E-state index contributed by atoms with van der Waals surface area (Å²) in [5.41, 5.74) is 2.68. The molecule has 1 aliphatic heterocycles. The van der Waals surface area contributed by atoms with Crippen molar-refractivity contribution in [2.75, 3.05) is 18.5 Å². The lowest BCUT2D eigenvalue weighted by Crippen LogP contribution is -2.48. The predicted octanol–water partition coefficient (Wildman–Crippen LogP) is 2.27. The van der Waals surface area contributed by atoms with Gasteiger partial charge in [0.1, 0.15) is 0 Å². The van der Waals surface area contributed by atoms with Crippen LogP contribution in [0.25, 0.3) is 0 Å². The minimum Gasteiger partial charge on any atom is -0.369 e. The van der Waals surface area contributed by atoms with Crippen molar-refractivity contribution in [1.82, 2.24) is 4.90 Å². The van der Waals surface area contributed by atoms with Crippen LogP contribution < -0.4 is 4.90 Å². The molecule has 0 spiro atoms. The van der Waals surface area contributed by atoms with E-state index in [0.717, 1.165) is 23.2 Å². The molecule has 1 N–H and O–H groups in total. The highest BCUT2D eigenvalue weighted by Gasteiger charge is 2.33. The predicted molar refractivity (Wildman–Crippen MR) is 66.9 cm³/mol. The molecule has 4 nitrogen and oxygen atoms in total. The van der Waals surface area contributed by atoms with E-state index >= 15 is 0 Å². The van der Waals surface area contributed by atoms with Gasteiger partial charge >= 0.3 is 6.03 Å². The number of aliphatic hydroxyl groups excluding tert-OH is 1. The van der Waals surface area contributed by atoms with Crippen LogP contribution in [0.4, 0.5) is 10.5 Å². The molecule has 1 aromatic carbocycles. The molecule has 0 fully saturated rings. The van der Waals surface area contributed by atoms with Crippen LogP contribution in [0.2, 0.25) is 0 Å². The standard InChI is InChI=1S/C13H18N2O2/c1-4-7-15-12(16)10-8-9(2)5-6-11(10)14(3)13(15)17/h5-6,8,12,16H,4,7H2,1-3H3. The van der Waals surface area contributed by atoms with Crippen LogP contribution in [0.5, 0.6) is 0 Å². The zero-order valence-electron chi connectivity index (χ0n) is 10.5. The van der Waals surface area contributed by atoms with Gasteiger partial charge < -0.3 is 5.11 Å². The average Bonchev–Trinajstić information content (AvgIpc) is 2.32. The van der Waals surface area contributed by atoms with Crippen molar-refractivity contribution >= 4 is 11.7 Å². The number of rotatable bonds is 2. The van der Waals surface area contributed by atoms with E-state index in [-0.39, 0.29) is 6.03 Å². The van der Waals surface area contributed by atoms with Crippen molar-refractivity contribution in [3.8, 4) is 0 Å². The van der Waals surface area contributed by atoms with Crippen LogP contribution in [-0.4, -0.2) is 29.6 Å². The first kappa shape index (κ1) is 11.9. The minimum absolute atomic E-state index is 0.143. The van der Waals surface area contributed by atoms with Crippen LogP contribution >= 0.6 is 0 Å². The third-order valence-corrected chi connectivity index (χ3v) is 3.11. The molecule has 0 radical (unpaired) electrons. The van der Waals surface area contributed by atoms with E-state index in [1.54, 1.807) is 11.9 Å². The molecule has 17 heavy (non-hydrogen) atoms. The highest BCUT2D eigenvalue weighted by Crippen LogP contribution is 2.34. The molecule has 0 aliphatic carbocycles. The van der Waals surface area contributed by atoms with Crippen LogP contribution in [0.15, 0.2) is 18.2 Å². The van der Waals surface area contributed by atoms with Crippen molar-refractivity contribution in [2.45, 2.75) is 26.5 Å². The normalized spacial score (nSPS) is 19.5. The van der Waals surface area contributed by atoms with Crippen molar-refractivity contribution in [3.05, 3.63) is 29.3 Å². The number of nitrogens with zero attached hydrogens (tertiary/aromatic N) is 2. The number of urea groups is 1. The summed E-state index contributed by atoms with van der Waals surface area (Å²) in [5.74, 6) is 0. The van der Waals surface area contributed by atoms with Gasteiger partial charge in [-0.2, -0.15) is 0 Å². The first-order valence-corrected chi connectivity index (χ1v) is 5.89. The van der Waals surface area contributed by atoms with Gasteiger partial charge in [-0.05, 0) is 25.5 Å². The van der Waals surface area contributed by atoms with Gasteiger partial charge in [-0.25, -0.2) is 4.79 Å². The van der Waals surface area contributed by atoms with Gasteiger partial charge in [0.05, 0.1) is 5.69 Å². The zero-order valence-corrected chi connectivity index (χ0v) is 10.5. The highest BCUT2D eigenvalue weighted by molar-refractivity contribution is 5.94. The van der Waals surface area contributed by atoms with E-state index in [2.05, 4.69) is 0 Å². The number of benzene rings is 1. The van der Waals surface area contributed by atoms with E-state index in [4.69, 9.17) is 0 Å². The number of anilines is 1. The Hall–Kier alpha value is -1.55. The molecule has 2 rings (SSSR count). The Morgan fingerprint density at radius 3 is 2.76 bits per heavy atom. The number of fused-ring (bicyclic) bond motifs is 1. The van der Waals surface area contributed by atoms with Crippen LogP contribution in [0, 0.1) is 6.92 Å². The molecule has 0 aromatic heterocycles. The summed E-state index contributed by atoms with van der Waals surface area (Å²) in [5, 5.41) is 10.2. The van der Waals surface area contributed by atoms with E-state index in [9.17, 15) is 9.90 Å². The van der Waals surface area contributed by atoms with Gasteiger partial charge in [-0.1, -0.05) is 18.6 Å². The topological polar surface area (TPSA) is 43.8 Å². The van der Waals surface area contributed by atoms with Gasteiger partial charge in [-0.3, -0.25) is 9.80 Å². The molecule has 0 saturated carbocycles. The Labute approximate surface area is 101 Å². The first-order valence-electron chi connectivity index (χ1n) is 5.89. The molecule has 0 saturated heterocycles. The molecular weight excluding hydrogens is 216 g/mol. The fraction of sp³-hybridized carbons (Fsp3) is 0.462. The molecule has 1 unspecified atom stereocenters. The third-order valence-electron chi connectivity index (χ3n) is 3.11. The number of aryl methyl sites for hydroxylation is 1. The largest absolute Gasteiger partial charge is 0.369 e. The molecule has 1 atom stereocenters. The first-order chi connectivity index (χ1) is 8.06. The Morgan fingerprint density at radius 2 is 2.12 bits per heavy atom. The third kappa shape index (κ3) is 1.89. The zero-order chi connectivity index (χ0) is 12.6. The Balaban J connectivity index is 2.47. The lowest BCUT2D eigenvalue weighted by Gasteiger charge is -2.38. The maximum atomic E-state index is 12.1. The molecule has 4 heteroatoms. The quantitative estimate of drug-likeness (QED) is 0.853. The number of aliphatic hydroxyl groups is 1. The second-order valence-electron chi connectivity index (χ2n) is 4.47. The maximum absolute atomic E-state index is 12.1. The lowest BCUT2D eigenvalue weighted by molar-refractivity contribution is 0.0280. The lowest BCUT2D eigenvalue weighted by atomic mass is 10.0. The van der Waals surface area contributed by atoms with Crippen LogP contribution in [0.3, 0.4) is 0 Å². The average molecular weight is 234 g/mol. The molecule has 2 amide bonds. The number of carbonyl (C=O) groups is 1. The Morgan fingerprint density at radius 1 is 1.41 bits per heavy atom. The van der Waals surface area contributed by atoms with E-state index < -0.39 is 6.23 Å². The number of amides is 2. The minimum atomic E-state index is -0.825. The molecular formula is C13H18N2O2. The van der Waals surface area contributed by atoms with Crippen molar-refractivity contribution in [2.24, 2.45) is 0 Å². The second kappa shape index (κ2) is 4.37. The maximum Gasteiger partial charge on any atom is 0.326 e. The highest BCUT2D eigenvalue weighted by atomic mass is 16.3. The van der Waals surface area contributed by atoms with Crippen molar-refractivity contribution in [3.63, 3.8) is 0 Å². The fourth-order valence-corrected chi connectivity index (χ4v) is 2.21. The van der Waals surface area contributed by atoms with Crippen LogP contribution in [0.1, 0.15) is 30.7 Å². The summed E-state index contributed by atoms with van der Waals surface area (Å²) >= 11 is 0. The van der Waals surface area contributed by atoms with Crippen LogP contribution in [-0.2, 0) is 0 Å². The summed E-state index contributed by atoms with van der Waals surface area (Å²) in [6.45, 7) is 4.54. The van der Waals surface area contributed by atoms with Gasteiger partial charge in [0.25, 0.3) is 0 Å². The van der Waals surface area contributed by atoms with Gasteiger partial charge in [0.15, 0.2) is 6.23 Å². The van der Waals surface area contributed by atoms with E-state index in [1.165, 1.54) is 4.90 Å². The SMILES string of the molecule is CCCN1C(=O)N(C)c2ccc(C)cc2C1O. The Kier molecular flexibility index (Phi) is 3.07. The summed E-state index contributed by atoms with van der Waals surface area (Å²) in [4.78, 5) is 15.2. The monoisotopic (exact) mass is 234 g/mol. The molecule has 0 bridgehead atoms. The summed E-state index contributed by atoms with van der Waals surface area (Å²) < 4.78 is 0. The fourth-order valence-electron chi connectivity index (χ4n) is 2.21. The summed E-state index contributed by atoms with van der Waals surface area (Å²) in [7, 11) is 1.74. The second-order valence-corrected chi connectivity index (χ2v) is 4.47. The van der Waals surface area contributed by atoms with Gasteiger partial charge in [0, 0.05) is 19.2 Å². The van der Waals surface area contributed by atoms with Crippen molar-refractivity contribution in [1.29, 1.82) is 0 Å². The number of hydrogen-bond acceptors (Lipinski definition) is 2. The number of hydrogen-bond donors (Lipinski definition) is 1. The molecule has 92 valence electrons. The summed E-state index contributed by atoms with van der Waals surface area (Å²) in [6.07, 6.45) is 0.00572. The summed E-state index contributed by atoms with van der Waals surface area (Å²) in [6, 6.07) is 5.63. The van der Waals surface area contributed by atoms with E-state index in [0.29, 0.717) is 6.54 Å². The van der Waals surface area contributed by atoms with Crippen molar-refractivity contribution < 1.29 is 9.90 Å².